The van der Waals surface area contributed by atoms with Crippen LogP contribution < -0.4 is 15.4 Å². The number of nitrogens with one attached hydrogen (secondary N) is 3. The molecule has 1 aromatic rings. The number of imide groups is 1. The van der Waals surface area contributed by atoms with Crippen LogP contribution in [0.1, 0.15) is 25.3 Å². The van der Waals surface area contributed by atoms with E-state index in [4.69, 9.17) is 0 Å². The summed E-state index contributed by atoms with van der Waals surface area (Å²) in [5.74, 6) is -0.232. The molecule has 8 heteroatoms. The maximum absolute atomic E-state index is 12.1. The number of carbonyl (C=O) groups is 2. The lowest BCUT2D eigenvalue weighted by Crippen LogP contribution is -2.41. The summed E-state index contributed by atoms with van der Waals surface area (Å²) in [6, 6.07) is 5.04. The first-order valence-corrected chi connectivity index (χ1v) is 7.99. The Hall–Kier alpha value is -1.93. The van der Waals surface area contributed by atoms with Gasteiger partial charge >= 0.3 is 6.03 Å². The summed E-state index contributed by atoms with van der Waals surface area (Å²) < 4.78 is 26.5. The largest absolute Gasteiger partial charge is 0.325 e. The zero-order valence-corrected chi connectivity index (χ0v) is 12.5. The second-order valence-corrected chi connectivity index (χ2v) is 6.86. The van der Waals surface area contributed by atoms with E-state index in [1.54, 1.807) is 12.1 Å². The van der Waals surface area contributed by atoms with E-state index in [9.17, 15) is 18.0 Å². The lowest BCUT2D eigenvalue weighted by molar-refractivity contribution is -0.120. The van der Waals surface area contributed by atoms with E-state index < -0.39 is 28.0 Å². The molecule has 1 unspecified atom stereocenters. The molecule has 1 aromatic carbocycles. The van der Waals surface area contributed by atoms with Crippen LogP contribution in [0.3, 0.4) is 0 Å². The molecule has 2 rings (SSSR count). The fourth-order valence-corrected chi connectivity index (χ4v) is 2.96. The molecule has 1 aliphatic rings. The van der Waals surface area contributed by atoms with Crippen molar-refractivity contribution in [2.75, 3.05) is 6.54 Å². The van der Waals surface area contributed by atoms with E-state index in [1.807, 2.05) is 19.2 Å². The number of hydrogen-bond acceptors (Lipinski definition) is 4. The molecule has 0 radical (unpaired) electrons. The van der Waals surface area contributed by atoms with Gasteiger partial charge in [-0.2, -0.15) is 0 Å². The van der Waals surface area contributed by atoms with Crippen LogP contribution in [0.15, 0.2) is 29.2 Å². The highest BCUT2D eigenvalue weighted by atomic mass is 32.2. The third-order valence-corrected chi connectivity index (χ3v) is 4.63. The second kappa shape index (κ2) is 5.82. The van der Waals surface area contributed by atoms with Crippen LogP contribution in [-0.4, -0.2) is 32.9 Å². The van der Waals surface area contributed by atoms with Crippen LogP contribution in [0.2, 0.25) is 0 Å². The Morgan fingerprint density at radius 3 is 2.29 bits per heavy atom. The van der Waals surface area contributed by atoms with Crippen molar-refractivity contribution in [3.05, 3.63) is 29.8 Å². The zero-order chi connectivity index (χ0) is 15.6. The minimum absolute atomic E-state index is 0.122. The zero-order valence-electron chi connectivity index (χ0n) is 11.7. The fraction of sp³-hybridized carbons (Fsp3) is 0.385. The van der Waals surface area contributed by atoms with Gasteiger partial charge in [-0.15, -0.1) is 0 Å². The Kier molecular flexibility index (Phi) is 4.29. The quantitative estimate of drug-likeness (QED) is 0.680. The van der Waals surface area contributed by atoms with Crippen molar-refractivity contribution in [3.63, 3.8) is 0 Å². The number of amides is 3. The Labute approximate surface area is 123 Å². The van der Waals surface area contributed by atoms with E-state index in [2.05, 4.69) is 10.0 Å². The second-order valence-electron chi connectivity index (χ2n) is 5.09. The fourth-order valence-electron chi connectivity index (χ4n) is 1.91. The first-order valence-electron chi connectivity index (χ1n) is 6.50. The first-order chi connectivity index (χ1) is 9.79. The van der Waals surface area contributed by atoms with Crippen LogP contribution in [0, 0.1) is 0 Å². The van der Waals surface area contributed by atoms with Gasteiger partial charge < -0.3 is 5.32 Å². The van der Waals surface area contributed by atoms with E-state index in [-0.39, 0.29) is 11.4 Å². The summed E-state index contributed by atoms with van der Waals surface area (Å²) in [6.07, 6.45) is 0. The van der Waals surface area contributed by atoms with Crippen molar-refractivity contribution < 1.29 is 18.0 Å². The number of urea groups is 1. The number of rotatable bonds is 5. The Bertz CT molecular complexity index is 652. The van der Waals surface area contributed by atoms with Crippen LogP contribution in [-0.2, 0) is 14.8 Å². The van der Waals surface area contributed by atoms with Crippen LogP contribution >= 0.6 is 0 Å². The van der Waals surface area contributed by atoms with Crippen molar-refractivity contribution in [2.45, 2.75) is 30.7 Å². The summed E-state index contributed by atoms with van der Waals surface area (Å²) in [4.78, 5) is 22.4. The van der Waals surface area contributed by atoms with Crippen molar-refractivity contribution >= 4 is 22.0 Å². The minimum atomic E-state index is -3.71. The first kappa shape index (κ1) is 15.5. The van der Waals surface area contributed by atoms with E-state index in [0.717, 1.165) is 5.56 Å². The lowest BCUT2D eigenvalue weighted by Gasteiger charge is -2.11. The van der Waals surface area contributed by atoms with Gasteiger partial charge in [-0.3, -0.25) is 10.1 Å². The molecule has 1 heterocycles. The molecule has 1 atom stereocenters. The summed E-state index contributed by atoms with van der Waals surface area (Å²) in [7, 11) is -3.71. The van der Waals surface area contributed by atoms with Crippen molar-refractivity contribution in [2.24, 2.45) is 0 Å². The van der Waals surface area contributed by atoms with Crippen LogP contribution in [0.4, 0.5) is 4.79 Å². The van der Waals surface area contributed by atoms with Gasteiger partial charge in [-0.1, -0.05) is 26.0 Å². The molecule has 7 nitrogen and oxygen atoms in total. The standard InChI is InChI=1S/C13H17N3O4S/c1-8(2)9-3-5-10(6-4-9)21(19,20)14-7-11-12(17)16-13(18)15-11/h3-6,8,11,14H,7H2,1-2H3,(H2,15,16,17,18). The van der Waals surface area contributed by atoms with Gasteiger partial charge in [0.2, 0.25) is 10.0 Å². The monoisotopic (exact) mass is 311 g/mol. The predicted molar refractivity (Wildman–Crippen MR) is 76.2 cm³/mol. The molecule has 3 amide bonds. The molecular weight excluding hydrogens is 294 g/mol. The topological polar surface area (TPSA) is 104 Å². The minimum Gasteiger partial charge on any atom is -0.325 e. The molecule has 0 aromatic heterocycles. The summed E-state index contributed by atoms with van der Waals surface area (Å²) in [6.45, 7) is 3.85. The number of carbonyl (C=O) groups excluding carboxylic acids is 2. The van der Waals surface area contributed by atoms with Gasteiger partial charge in [-0.25, -0.2) is 17.9 Å². The summed E-state index contributed by atoms with van der Waals surface area (Å²) in [5.41, 5.74) is 1.04. The molecule has 21 heavy (non-hydrogen) atoms. The highest BCUT2D eigenvalue weighted by Crippen LogP contribution is 2.17. The van der Waals surface area contributed by atoms with Gasteiger partial charge in [0.25, 0.3) is 5.91 Å². The molecular formula is C13H17N3O4S. The number of sulfonamides is 1. The normalized spacial score (nSPS) is 18.7. The molecule has 1 saturated heterocycles. The summed E-state index contributed by atoms with van der Waals surface area (Å²) in [5, 5.41) is 4.36. The van der Waals surface area contributed by atoms with E-state index >= 15 is 0 Å². The molecule has 114 valence electrons. The van der Waals surface area contributed by atoms with Gasteiger partial charge in [0.1, 0.15) is 6.04 Å². The number of hydrogen-bond donors (Lipinski definition) is 3. The third-order valence-electron chi connectivity index (χ3n) is 3.19. The predicted octanol–water partition coefficient (Wildman–Crippen LogP) is 0.296. The SMILES string of the molecule is CC(C)c1ccc(S(=O)(=O)NCC2NC(=O)NC2=O)cc1. The maximum atomic E-state index is 12.1. The smallest absolute Gasteiger partial charge is 0.322 e. The molecule has 0 bridgehead atoms. The van der Waals surface area contributed by atoms with Gasteiger partial charge in [0.15, 0.2) is 0 Å². The average molecular weight is 311 g/mol. The molecule has 0 spiro atoms. The van der Waals surface area contributed by atoms with Gasteiger partial charge in [0.05, 0.1) is 4.90 Å². The van der Waals surface area contributed by atoms with Gasteiger partial charge in [-0.05, 0) is 23.6 Å². The number of benzene rings is 1. The highest BCUT2D eigenvalue weighted by Gasteiger charge is 2.30. The molecule has 3 N–H and O–H groups in total. The Morgan fingerprint density at radius 1 is 1.19 bits per heavy atom. The molecule has 0 aliphatic carbocycles. The van der Waals surface area contributed by atoms with Crippen molar-refractivity contribution in [1.29, 1.82) is 0 Å². The highest BCUT2D eigenvalue weighted by molar-refractivity contribution is 7.89. The van der Waals surface area contributed by atoms with Gasteiger partial charge in [0, 0.05) is 6.54 Å². The van der Waals surface area contributed by atoms with Crippen molar-refractivity contribution in [3.8, 4) is 0 Å². The molecule has 0 saturated carbocycles. The van der Waals surface area contributed by atoms with Crippen molar-refractivity contribution in [1.82, 2.24) is 15.4 Å². The molecule has 1 aliphatic heterocycles. The van der Waals surface area contributed by atoms with Crippen LogP contribution in [0.25, 0.3) is 0 Å². The third kappa shape index (κ3) is 3.59. The Morgan fingerprint density at radius 2 is 1.81 bits per heavy atom. The summed E-state index contributed by atoms with van der Waals surface area (Å²) >= 11 is 0. The van der Waals surface area contributed by atoms with E-state index in [1.165, 1.54) is 12.1 Å². The molecule has 1 fully saturated rings. The Balaban J connectivity index is 2.04. The van der Waals surface area contributed by atoms with Crippen LogP contribution in [0.5, 0.6) is 0 Å². The average Bonchev–Trinajstić information content (AvgIpc) is 2.75. The lowest BCUT2D eigenvalue weighted by atomic mass is 10.0. The maximum Gasteiger partial charge on any atom is 0.322 e. The van der Waals surface area contributed by atoms with E-state index in [0.29, 0.717) is 5.92 Å².